The van der Waals surface area contributed by atoms with Gasteiger partial charge in [0.1, 0.15) is 0 Å². The highest BCUT2D eigenvalue weighted by molar-refractivity contribution is 7.99. The van der Waals surface area contributed by atoms with E-state index in [-0.39, 0.29) is 0 Å². The van der Waals surface area contributed by atoms with Gasteiger partial charge in [-0.25, -0.2) is 0 Å². The van der Waals surface area contributed by atoms with E-state index in [1.165, 1.54) is 10.5 Å². The SMILES string of the molecule is CCCNCc1cccc(SCC(O)(CC)CC)c1. The molecule has 108 valence electrons. The second-order valence-corrected chi connectivity index (χ2v) is 6.09. The van der Waals surface area contributed by atoms with Gasteiger partial charge in [-0.3, -0.25) is 0 Å². The van der Waals surface area contributed by atoms with Crippen LogP contribution in [0, 0.1) is 0 Å². The van der Waals surface area contributed by atoms with Crippen molar-refractivity contribution in [1.82, 2.24) is 5.32 Å². The molecule has 0 aliphatic carbocycles. The number of hydrogen-bond acceptors (Lipinski definition) is 3. The Hall–Kier alpha value is -0.510. The fourth-order valence-corrected chi connectivity index (χ4v) is 3.08. The molecule has 0 heterocycles. The molecule has 19 heavy (non-hydrogen) atoms. The van der Waals surface area contributed by atoms with Crippen molar-refractivity contribution in [3.8, 4) is 0 Å². The highest BCUT2D eigenvalue weighted by Crippen LogP contribution is 2.27. The molecule has 2 nitrogen and oxygen atoms in total. The summed E-state index contributed by atoms with van der Waals surface area (Å²) >= 11 is 1.75. The van der Waals surface area contributed by atoms with Crippen LogP contribution in [0.25, 0.3) is 0 Å². The smallest absolute Gasteiger partial charge is 0.0736 e. The number of benzene rings is 1. The van der Waals surface area contributed by atoms with Crippen molar-refractivity contribution in [2.24, 2.45) is 0 Å². The lowest BCUT2D eigenvalue weighted by atomic mass is 10.0. The normalized spacial score (nSPS) is 11.8. The Labute approximate surface area is 122 Å². The minimum Gasteiger partial charge on any atom is -0.389 e. The van der Waals surface area contributed by atoms with Crippen molar-refractivity contribution in [2.45, 2.75) is 57.1 Å². The highest BCUT2D eigenvalue weighted by atomic mass is 32.2. The molecule has 0 spiro atoms. The van der Waals surface area contributed by atoms with Crippen molar-refractivity contribution in [2.75, 3.05) is 12.3 Å². The molecule has 0 amide bonds. The highest BCUT2D eigenvalue weighted by Gasteiger charge is 2.22. The monoisotopic (exact) mass is 281 g/mol. The third-order valence-corrected chi connectivity index (χ3v) is 4.75. The van der Waals surface area contributed by atoms with Gasteiger partial charge in [0.15, 0.2) is 0 Å². The predicted octanol–water partition coefficient (Wildman–Crippen LogP) is 3.83. The van der Waals surface area contributed by atoms with E-state index in [4.69, 9.17) is 0 Å². The van der Waals surface area contributed by atoms with E-state index in [2.05, 4.69) is 50.4 Å². The summed E-state index contributed by atoms with van der Waals surface area (Å²) < 4.78 is 0. The second kappa shape index (κ2) is 8.62. The van der Waals surface area contributed by atoms with Crippen LogP contribution in [-0.4, -0.2) is 23.0 Å². The van der Waals surface area contributed by atoms with Crippen LogP contribution in [0.2, 0.25) is 0 Å². The maximum absolute atomic E-state index is 10.3. The van der Waals surface area contributed by atoms with Crippen molar-refractivity contribution in [3.05, 3.63) is 29.8 Å². The van der Waals surface area contributed by atoms with Crippen molar-refractivity contribution < 1.29 is 5.11 Å². The minimum absolute atomic E-state index is 0.527. The van der Waals surface area contributed by atoms with Crippen molar-refractivity contribution in [3.63, 3.8) is 0 Å². The lowest BCUT2D eigenvalue weighted by Crippen LogP contribution is -2.29. The Morgan fingerprint density at radius 1 is 1.21 bits per heavy atom. The Bertz CT molecular complexity index is 364. The van der Waals surface area contributed by atoms with E-state index >= 15 is 0 Å². The Morgan fingerprint density at radius 3 is 2.58 bits per heavy atom. The topological polar surface area (TPSA) is 32.3 Å². The third-order valence-electron chi connectivity index (χ3n) is 3.48. The van der Waals surface area contributed by atoms with E-state index in [0.29, 0.717) is 0 Å². The van der Waals surface area contributed by atoms with E-state index in [1.807, 2.05) is 0 Å². The molecule has 3 heteroatoms. The molecule has 2 N–H and O–H groups in total. The number of thioether (sulfide) groups is 1. The zero-order valence-electron chi connectivity index (χ0n) is 12.4. The fourth-order valence-electron chi connectivity index (χ4n) is 1.83. The maximum Gasteiger partial charge on any atom is 0.0736 e. The van der Waals surface area contributed by atoms with Crippen LogP contribution < -0.4 is 5.32 Å². The molecule has 0 unspecified atom stereocenters. The summed E-state index contributed by atoms with van der Waals surface area (Å²) in [5, 5.41) is 13.7. The number of rotatable bonds is 9. The molecular weight excluding hydrogens is 254 g/mol. The van der Waals surface area contributed by atoms with Crippen molar-refractivity contribution >= 4 is 11.8 Å². The predicted molar refractivity (Wildman–Crippen MR) is 84.7 cm³/mol. The lowest BCUT2D eigenvalue weighted by Gasteiger charge is -2.24. The van der Waals surface area contributed by atoms with Crippen LogP contribution >= 0.6 is 11.8 Å². The number of nitrogens with one attached hydrogen (secondary N) is 1. The van der Waals surface area contributed by atoms with Crippen LogP contribution in [-0.2, 0) is 6.54 Å². The summed E-state index contributed by atoms with van der Waals surface area (Å²) in [4.78, 5) is 1.25. The quantitative estimate of drug-likeness (QED) is 0.533. The van der Waals surface area contributed by atoms with Crippen LogP contribution in [0.1, 0.15) is 45.6 Å². The molecule has 0 aliphatic rings. The fraction of sp³-hybridized carbons (Fsp3) is 0.625. The molecule has 0 saturated heterocycles. The zero-order chi connectivity index (χ0) is 14.1. The molecule has 0 bridgehead atoms. The second-order valence-electron chi connectivity index (χ2n) is 5.04. The summed E-state index contributed by atoms with van der Waals surface area (Å²) in [6.45, 7) is 8.26. The summed E-state index contributed by atoms with van der Waals surface area (Å²) in [6.07, 6.45) is 2.79. The lowest BCUT2D eigenvalue weighted by molar-refractivity contribution is 0.0572. The van der Waals surface area contributed by atoms with E-state index < -0.39 is 5.60 Å². The number of hydrogen-bond donors (Lipinski definition) is 2. The van der Waals surface area contributed by atoms with Gasteiger partial charge in [0.05, 0.1) is 5.60 Å². The molecular formula is C16H27NOS. The molecule has 0 aromatic heterocycles. The third kappa shape index (κ3) is 5.98. The van der Waals surface area contributed by atoms with Gasteiger partial charge in [0.2, 0.25) is 0 Å². The number of aliphatic hydroxyl groups is 1. The maximum atomic E-state index is 10.3. The minimum atomic E-state index is -0.527. The first-order valence-electron chi connectivity index (χ1n) is 7.28. The zero-order valence-corrected chi connectivity index (χ0v) is 13.2. The Balaban J connectivity index is 2.52. The van der Waals surface area contributed by atoms with E-state index in [0.717, 1.165) is 38.1 Å². The molecule has 0 atom stereocenters. The summed E-state index contributed by atoms with van der Waals surface area (Å²) in [5.41, 5.74) is 0.788. The van der Waals surface area contributed by atoms with Gasteiger partial charge >= 0.3 is 0 Å². The van der Waals surface area contributed by atoms with Crippen LogP contribution in [0.15, 0.2) is 29.2 Å². The average Bonchev–Trinajstić information content (AvgIpc) is 2.46. The summed E-state index contributed by atoms with van der Waals surface area (Å²) in [7, 11) is 0. The Kier molecular flexibility index (Phi) is 7.51. The van der Waals surface area contributed by atoms with Crippen LogP contribution in [0.3, 0.4) is 0 Å². The van der Waals surface area contributed by atoms with Gasteiger partial charge in [-0.1, -0.05) is 32.9 Å². The summed E-state index contributed by atoms with van der Waals surface area (Å²) in [6, 6.07) is 8.60. The van der Waals surface area contributed by atoms with Gasteiger partial charge in [-0.15, -0.1) is 11.8 Å². The van der Waals surface area contributed by atoms with Gasteiger partial charge in [-0.2, -0.15) is 0 Å². The van der Waals surface area contributed by atoms with Gasteiger partial charge in [-0.05, 0) is 43.5 Å². The summed E-state index contributed by atoms with van der Waals surface area (Å²) in [5.74, 6) is 0.770. The molecule has 1 aromatic rings. The average molecular weight is 281 g/mol. The molecule has 0 radical (unpaired) electrons. The van der Waals surface area contributed by atoms with Crippen molar-refractivity contribution in [1.29, 1.82) is 0 Å². The molecule has 1 rings (SSSR count). The molecule has 0 aliphatic heterocycles. The van der Waals surface area contributed by atoms with E-state index in [9.17, 15) is 5.11 Å². The van der Waals surface area contributed by atoms with Crippen LogP contribution in [0.4, 0.5) is 0 Å². The molecule has 1 aromatic carbocycles. The first-order chi connectivity index (χ1) is 9.13. The molecule has 0 saturated carbocycles. The first-order valence-corrected chi connectivity index (χ1v) is 8.27. The first kappa shape index (κ1) is 16.5. The van der Waals surface area contributed by atoms with Gasteiger partial charge < -0.3 is 10.4 Å². The van der Waals surface area contributed by atoms with Crippen LogP contribution in [0.5, 0.6) is 0 Å². The van der Waals surface area contributed by atoms with Gasteiger partial charge in [0.25, 0.3) is 0 Å². The van der Waals surface area contributed by atoms with Gasteiger partial charge in [0, 0.05) is 17.2 Å². The standard InChI is InChI=1S/C16H27NOS/c1-4-10-17-12-14-8-7-9-15(11-14)19-13-16(18,5-2)6-3/h7-9,11,17-18H,4-6,10,12-13H2,1-3H3. The van der Waals surface area contributed by atoms with E-state index in [1.54, 1.807) is 11.8 Å². The largest absolute Gasteiger partial charge is 0.389 e. The molecule has 0 fully saturated rings. The Morgan fingerprint density at radius 2 is 1.95 bits per heavy atom.